The van der Waals surface area contributed by atoms with Gasteiger partial charge < -0.3 is 10.8 Å². The van der Waals surface area contributed by atoms with Crippen LogP contribution in [-0.4, -0.2) is 69.9 Å². The molecule has 1 aliphatic rings. The van der Waals surface area contributed by atoms with Crippen molar-refractivity contribution in [2.24, 2.45) is 10.7 Å². The Kier molecular flexibility index (Phi) is 10.1. The number of carboxylic acid groups (broad SMARTS) is 1. The molecule has 3 aromatic carbocycles. The summed E-state index contributed by atoms with van der Waals surface area (Å²) < 4.78 is 0. The molecule has 2 unspecified atom stereocenters. The molecule has 3 atom stereocenters. The van der Waals surface area contributed by atoms with Gasteiger partial charge in [0.05, 0.1) is 24.0 Å². The van der Waals surface area contributed by atoms with Gasteiger partial charge in [-0.3, -0.25) is 24.7 Å². The number of hydrazine groups is 1. The largest absolute Gasteiger partial charge is 0.480 e. The lowest BCUT2D eigenvalue weighted by molar-refractivity contribution is -0.151. The summed E-state index contributed by atoms with van der Waals surface area (Å²) >= 11 is 10.5. The number of aliphatic carboxylic acids is 1. The van der Waals surface area contributed by atoms with Crippen molar-refractivity contribution in [3.8, 4) is 0 Å². The molecule has 2 amide bonds. The number of amides is 2. The van der Waals surface area contributed by atoms with Gasteiger partial charge in [-0.2, -0.15) is 12.6 Å². The van der Waals surface area contributed by atoms with Crippen LogP contribution in [0.5, 0.6) is 0 Å². The maximum atomic E-state index is 14.3. The minimum Gasteiger partial charge on any atom is -0.480 e. The number of anilines is 1. The fourth-order valence-corrected chi connectivity index (χ4v) is 4.97. The predicted molar refractivity (Wildman–Crippen MR) is 164 cm³/mol. The summed E-state index contributed by atoms with van der Waals surface area (Å²) in [7, 11) is 0. The Morgan fingerprint density at radius 2 is 1.74 bits per heavy atom. The molecular weight excluding hydrogens is 578 g/mol. The number of hydrogen-bond donors (Lipinski definition) is 4. The van der Waals surface area contributed by atoms with E-state index in [1.165, 1.54) is 19.1 Å². The molecule has 0 fully saturated rings. The number of benzene rings is 3. The van der Waals surface area contributed by atoms with E-state index in [1.54, 1.807) is 60.7 Å². The van der Waals surface area contributed by atoms with Crippen LogP contribution in [0.25, 0.3) is 0 Å². The molecule has 0 bridgehead atoms. The lowest BCUT2D eigenvalue weighted by Gasteiger charge is -2.39. The Hall–Kier alpha value is -4.03. The quantitative estimate of drug-likeness (QED) is 0.245. The molecule has 0 saturated carbocycles. The number of carboxylic acids is 1. The van der Waals surface area contributed by atoms with Crippen molar-refractivity contribution in [1.29, 1.82) is 0 Å². The molecule has 42 heavy (non-hydrogen) atoms. The van der Waals surface area contributed by atoms with Crippen LogP contribution < -0.4 is 16.1 Å². The van der Waals surface area contributed by atoms with E-state index in [9.17, 15) is 24.3 Å². The standard InChI is InChI=1S/C30H30ClN5O5S/c1-18(37)35(25(30(40)41)14-19-8-4-2-5-9-19)36-24-13-12-21(31)15-22(24)27(20-10-6-3-7-11-20)34-28(29(36)39)33-16-26(38)23(32)17-42/h2-13,15,23,25,28,33,42H,14,16-17,32H2,1H3,(H,40,41)/t23?,25-,28?/m0/s1. The van der Waals surface area contributed by atoms with Crippen molar-refractivity contribution in [1.82, 2.24) is 10.3 Å². The van der Waals surface area contributed by atoms with Gasteiger partial charge in [-0.1, -0.05) is 72.3 Å². The molecule has 3 aromatic rings. The number of ketones is 1. The molecule has 10 nitrogen and oxygen atoms in total. The molecule has 4 rings (SSSR count). The number of carbonyl (C=O) groups is 4. The van der Waals surface area contributed by atoms with Gasteiger partial charge in [0.2, 0.25) is 5.91 Å². The summed E-state index contributed by atoms with van der Waals surface area (Å²) in [5.41, 5.74) is 8.06. The molecule has 1 heterocycles. The van der Waals surface area contributed by atoms with Gasteiger partial charge in [0.15, 0.2) is 18.0 Å². The van der Waals surface area contributed by atoms with Crippen LogP contribution in [0.3, 0.4) is 0 Å². The van der Waals surface area contributed by atoms with Crippen molar-refractivity contribution in [2.45, 2.75) is 31.6 Å². The zero-order chi connectivity index (χ0) is 30.4. The first-order chi connectivity index (χ1) is 20.1. The monoisotopic (exact) mass is 607 g/mol. The van der Waals surface area contributed by atoms with Gasteiger partial charge >= 0.3 is 5.97 Å². The van der Waals surface area contributed by atoms with Crippen molar-refractivity contribution in [3.63, 3.8) is 0 Å². The third-order valence-electron chi connectivity index (χ3n) is 6.66. The summed E-state index contributed by atoms with van der Waals surface area (Å²) in [5, 5.41) is 15.5. The second kappa shape index (κ2) is 13.8. The first kappa shape index (κ1) is 30.9. The second-order valence-electron chi connectivity index (χ2n) is 9.60. The maximum absolute atomic E-state index is 14.3. The first-order valence-corrected chi connectivity index (χ1v) is 14.1. The number of aliphatic imine (C=N–C) groups is 1. The number of hydrogen-bond acceptors (Lipinski definition) is 8. The highest BCUT2D eigenvalue weighted by molar-refractivity contribution is 7.80. The Bertz CT molecular complexity index is 1500. The molecule has 0 aliphatic carbocycles. The number of nitrogens with one attached hydrogen (secondary N) is 1. The number of thiol groups is 1. The summed E-state index contributed by atoms with van der Waals surface area (Å²) in [6, 6.07) is 20.1. The number of halogens is 1. The Balaban J connectivity index is 1.90. The van der Waals surface area contributed by atoms with Crippen LogP contribution in [0.1, 0.15) is 23.6 Å². The minimum absolute atomic E-state index is 0.0811. The highest BCUT2D eigenvalue weighted by Gasteiger charge is 2.42. The Morgan fingerprint density at radius 3 is 2.33 bits per heavy atom. The fraction of sp³-hybridized carbons (Fsp3) is 0.233. The molecule has 218 valence electrons. The van der Waals surface area contributed by atoms with Gasteiger partial charge in [0.25, 0.3) is 5.91 Å². The third kappa shape index (κ3) is 6.88. The predicted octanol–water partition coefficient (Wildman–Crippen LogP) is 2.73. The van der Waals surface area contributed by atoms with Crippen molar-refractivity contribution in [2.75, 3.05) is 17.3 Å². The van der Waals surface area contributed by atoms with Crippen LogP contribution in [0.2, 0.25) is 5.02 Å². The van der Waals surface area contributed by atoms with E-state index in [0.717, 1.165) is 10.0 Å². The average Bonchev–Trinajstić information content (AvgIpc) is 3.10. The summed E-state index contributed by atoms with van der Waals surface area (Å²) in [4.78, 5) is 57.6. The Labute approximate surface area is 253 Å². The van der Waals surface area contributed by atoms with Crippen LogP contribution in [0, 0.1) is 0 Å². The molecular formula is C30H30ClN5O5S. The number of benzodiazepines with no additional fused rings is 1. The average molecular weight is 608 g/mol. The lowest BCUT2D eigenvalue weighted by Crippen LogP contribution is -2.61. The third-order valence-corrected chi connectivity index (χ3v) is 7.29. The van der Waals surface area contributed by atoms with E-state index in [-0.39, 0.29) is 24.4 Å². The number of Topliss-reactive ketones (excluding diaryl/α,β-unsaturated/α-hetero) is 1. The highest BCUT2D eigenvalue weighted by atomic mass is 35.5. The van der Waals surface area contributed by atoms with Gasteiger partial charge in [-0.15, -0.1) is 0 Å². The normalized spacial score (nSPS) is 16.1. The van der Waals surface area contributed by atoms with Crippen molar-refractivity contribution >= 4 is 59.2 Å². The number of nitrogens with two attached hydrogens (primary N) is 1. The topological polar surface area (TPSA) is 145 Å². The molecule has 0 spiro atoms. The summed E-state index contributed by atoms with van der Waals surface area (Å²) in [5.74, 6) is -3.08. The second-order valence-corrected chi connectivity index (χ2v) is 10.4. The van der Waals surface area contributed by atoms with Gasteiger partial charge in [-0.05, 0) is 23.8 Å². The maximum Gasteiger partial charge on any atom is 0.328 e. The van der Waals surface area contributed by atoms with Crippen LogP contribution in [-0.2, 0) is 25.6 Å². The van der Waals surface area contributed by atoms with E-state index >= 15 is 0 Å². The first-order valence-electron chi connectivity index (χ1n) is 13.1. The smallest absolute Gasteiger partial charge is 0.328 e. The molecule has 4 N–H and O–H groups in total. The highest BCUT2D eigenvalue weighted by Crippen LogP contribution is 2.33. The van der Waals surface area contributed by atoms with E-state index in [2.05, 4.69) is 17.9 Å². The van der Waals surface area contributed by atoms with Gasteiger partial charge in [-0.25, -0.2) is 14.8 Å². The number of nitrogens with zero attached hydrogens (tertiary/aromatic N) is 3. The summed E-state index contributed by atoms with van der Waals surface area (Å²) in [6.07, 6.45) is -1.47. The Morgan fingerprint density at radius 1 is 1.10 bits per heavy atom. The van der Waals surface area contributed by atoms with E-state index in [0.29, 0.717) is 27.4 Å². The molecule has 0 radical (unpaired) electrons. The summed E-state index contributed by atoms with van der Waals surface area (Å²) in [6.45, 7) is 0.867. The van der Waals surface area contributed by atoms with Crippen molar-refractivity contribution in [3.05, 3.63) is 101 Å². The van der Waals surface area contributed by atoms with Crippen LogP contribution >= 0.6 is 24.2 Å². The molecule has 12 heteroatoms. The molecule has 1 aliphatic heterocycles. The van der Waals surface area contributed by atoms with Crippen LogP contribution in [0.4, 0.5) is 5.69 Å². The molecule has 0 aromatic heterocycles. The number of carbonyl (C=O) groups excluding carboxylic acids is 3. The SMILES string of the molecule is CC(=O)N([C@@H](Cc1ccccc1)C(=O)O)N1C(=O)C(NCC(=O)C(N)CS)N=C(c2ccccc2)c2cc(Cl)ccc21. The molecule has 0 saturated heterocycles. The van der Waals surface area contributed by atoms with E-state index in [4.69, 9.17) is 22.3 Å². The van der Waals surface area contributed by atoms with Crippen LogP contribution in [0.15, 0.2) is 83.9 Å². The lowest BCUT2D eigenvalue weighted by atomic mass is 10.0. The van der Waals surface area contributed by atoms with Gasteiger partial charge in [0, 0.05) is 35.2 Å². The number of rotatable bonds is 11. The zero-order valence-electron chi connectivity index (χ0n) is 22.7. The minimum atomic E-state index is -1.46. The zero-order valence-corrected chi connectivity index (χ0v) is 24.3. The fourth-order valence-electron chi connectivity index (χ4n) is 4.60. The van der Waals surface area contributed by atoms with E-state index in [1.807, 2.05) is 6.07 Å². The number of fused-ring (bicyclic) bond motifs is 1. The van der Waals surface area contributed by atoms with Crippen molar-refractivity contribution < 1.29 is 24.3 Å². The van der Waals surface area contributed by atoms with Gasteiger partial charge in [0.1, 0.15) is 0 Å². The van der Waals surface area contributed by atoms with E-state index < -0.39 is 41.8 Å².